The number of likely N-dealkylation sites (tertiary alicyclic amines) is 1. The predicted octanol–water partition coefficient (Wildman–Crippen LogP) is 2.94. The molecule has 2 N–H and O–H groups in total. The number of rotatable bonds is 8. The van der Waals surface area contributed by atoms with Crippen LogP contribution >= 0.6 is 0 Å². The SMILES string of the molecule is CCOC(=O)N1CCC(NC(=NCCC2CCCCO2)NCCc2ccco2)CC1. The summed E-state index contributed by atoms with van der Waals surface area (Å²) in [4.78, 5) is 18.5. The van der Waals surface area contributed by atoms with Gasteiger partial charge in [-0.25, -0.2) is 4.79 Å². The van der Waals surface area contributed by atoms with Gasteiger partial charge in [0.15, 0.2) is 5.96 Å². The summed E-state index contributed by atoms with van der Waals surface area (Å²) in [5, 5.41) is 6.98. The molecule has 30 heavy (non-hydrogen) atoms. The monoisotopic (exact) mass is 420 g/mol. The van der Waals surface area contributed by atoms with Gasteiger partial charge < -0.3 is 29.4 Å². The fraction of sp³-hybridized carbons (Fsp3) is 0.727. The first-order chi connectivity index (χ1) is 14.7. The zero-order valence-corrected chi connectivity index (χ0v) is 18.1. The molecule has 1 aromatic heterocycles. The second-order valence-corrected chi connectivity index (χ2v) is 7.87. The van der Waals surface area contributed by atoms with E-state index in [-0.39, 0.29) is 12.1 Å². The molecule has 3 heterocycles. The van der Waals surface area contributed by atoms with Gasteiger partial charge >= 0.3 is 6.09 Å². The standard InChI is InChI=1S/C22H36N4O4/c1-2-28-22(27)26-14-10-18(11-15-26)25-21(24-13-9-20-7-5-17-30-20)23-12-8-19-6-3-4-16-29-19/h5,7,17-19H,2-4,6,8-16H2,1H3,(H2,23,24,25). The number of carbonyl (C=O) groups excluding carboxylic acids is 1. The maximum Gasteiger partial charge on any atom is 0.409 e. The van der Waals surface area contributed by atoms with E-state index in [1.165, 1.54) is 12.8 Å². The lowest BCUT2D eigenvalue weighted by Crippen LogP contribution is -2.50. The zero-order chi connectivity index (χ0) is 21.0. The van der Waals surface area contributed by atoms with Crippen LogP contribution in [0.3, 0.4) is 0 Å². The molecule has 0 aliphatic carbocycles. The number of piperidine rings is 1. The van der Waals surface area contributed by atoms with Crippen molar-refractivity contribution in [3.8, 4) is 0 Å². The quantitative estimate of drug-likeness (QED) is 0.497. The first kappa shape index (κ1) is 22.5. The van der Waals surface area contributed by atoms with E-state index < -0.39 is 0 Å². The number of furan rings is 1. The largest absolute Gasteiger partial charge is 0.469 e. The topological polar surface area (TPSA) is 88.3 Å². The Balaban J connectivity index is 1.46. The summed E-state index contributed by atoms with van der Waals surface area (Å²) < 4.78 is 16.3. The lowest BCUT2D eigenvalue weighted by Gasteiger charge is -2.32. The van der Waals surface area contributed by atoms with Crippen molar-refractivity contribution < 1.29 is 18.7 Å². The molecule has 2 fully saturated rings. The van der Waals surface area contributed by atoms with Crippen LogP contribution in [0.2, 0.25) is 0 Å². The lowest BCUT2D eigenvalue weighted by molar-refractivity contribution is 0.0129. The second-order valence-electron chi connectivity index (χ2n) is 7.87. The molecule has 0 radical (unpaired) electrons. The number of aliphatic imine (C=N–C) groups is 1. The Morgan fingerprint density at radius 3 is 2.87 bits per heavy atom. The van der Waals surface area contributed by atoms with Gasteiger partial charge in [-0.05, 0) is 57.6 Å². The number of nitrogens with one attached hydrogen (secondary N) is 2. The minimum Gasteiger partial charge on any atom is -0.469 e. The number of hydrogen-bond acceptors (Lipinski definition) is 5. The Morgan fingerprint density at radius 2 is 2.17 bits per heavy atom. The van der Waals surface area contributed by atoms with Crippen molar-refractivity contribution in [2.45, 2.75) is 64.0 Å². The van der Waals surface area contributed by atoms with Crippen LogP contribution in [0.15, 0.2) is 27.8 Å². The van der Waals surface area contributed by atoms with Gasteiger partial charge in [0.25, 0.3) is 0 Å². The van der Waals surface area contributed by atoms with Crippen molar-refractivity contribution in [3.63, 3.8) is 0 Å². The Morgan fingerprint density at radius 1 is 1.30 bits per heavy atom. The first-order valence-electron chi connectivity index (χ1n) is 11.3. The molecule has 8 nitrogen and oxygen atoms in total. The fourth-order valence-corrected chi connectivity index (χ4v) is 3.88. The van der Waals surface area contributed by atoms with E-state index in [4.69, 9.17) is 18.9 Å². The van der Waals surface area contributed by atoms with Gasteiger partial charge in [-0.2, -0.15) is 0 Å². The highest BCUT2D eigenvalue weighted by atomic mass is 16.6. The minimum atomic E-state index is -0.214. The Bertz CT molecular complexity index is 636. The normalized spacial score (nSPS) is 20.8. The van der Waals surface area contributed by atoms with Gasteiger partial charge in [0.05, 0.1) is 19.0 Å². The van der Waals surface area contributed by atoms with Gasteiger partial charge in [0, 0.05) is 45.2 Å². The molecular weight excluding hydrogens is 384 g/mol. The summed E-state index contributed by atoms with van der Waals surface area (Å²) in [6.45, 7) is 6.02. The molecule has 1 atom stereocenters. The van der Waals surface area contributed by atoms with Crippen LogP contribution in [0, 0.1) is 0 Å². The van der Waals surface area contributed by atoms with Crippen LogP contribution in [0.5, 0.6) is 0 Å². The van der Waals surface area contributed by atoms with E-state index in [0.717, 1.165) is 63.5 Å². The summed E-state index contributed by atoms with van der Waals surface area (Å²) in [6.07, 6.45) is 8.89. The molecule has 3 rings (SSSR count). The highest BCUT2D eigenvalue weighted by Gasteiger charge is 2.24. The Labute approximate surface area is 179 Å². The number of nitrogens with zero attached hydrogens (tertiary/aromatic N) is 2. The molecule has 0 saturated carbocycles. The van der Waals surface area contributed by atoms with Crippen molar-refractivity contribution in [1.29, 1.82) is 0 Å². The Kier molecular flexibility index (Phi) is 9.34. The summed E-state index contributed by atoms with van der Waals surface area (Å²) in [7, 11) is 0. The van der Waals surface area contributed by atoms with Crippen LogP contribution in [-0.4, -0.2) is 68.5 Å². The number of hydrogen-bond donors (Lipinski definition) is 2. The van der Waals surface area contributed by atoms with Crippen molar-refractivity contribution in [2.24, 2.45) is 4.99 Å². The second kappa shape index (κ2) is 12.5. The van der Waals surface area contributed by atoms with Crippen LogP contribution in [0.4, 0.5) is 4.79 Å². The van der Waals surface area contributed by atoms with Crippen molar-refractivity contribution in [1.82, 2.24) is 15.5 Å². The van der Waals surface area contributed by atoms with Gasteiger partial charge in [-0.15, -0.1) is 0 Å². The highest BCUT2D eigenvalue weighted by molar-refractivity contribution is 5.80. The molecule has 8 heteroatoms. The smallest absolute Gasteiger partial charge is 0.409 e. The molecule has 0 spiro atoms. The molecular formula is C22H36N4O4. The van der Waals surface area contributed by atoms with Crippen LogP contribution < -0.4 is 10.6 Å². The fourth-order valence-electron chi connectivity index (χ4n) is 3.88. The maximum atomic E-state index is 11.9. The maximum absolute atomic E-state index is 11.9. The first-order valence-corrected chi connectivity index (χ1v) is 11.3. The average Bonchev–Trinajstić information content (AvgIpc) is 3.28. The summed E-state index contributed by atoms with van der Waals surface area (Å²) >= 11 is 0. The van der Waals surface area contributed by atoms with E-state index in [1.807, 2.05) is 19.1 Å². The molecule has 2 aliphatic heterocycles. The minimum absolute atomic E-state index is 0.214. The summed E-state index contributed by atoms with van der Waals surface area (Å²) in [6, 6.07) is 4.18. The summed E-state index contributed by atoms with van der Waals surface area (Å²) in [5.74, 6) is 1.78. The van der Waals surface area contributed by atoms with Gasteiger partial charge in [-0.1, -0.05) is 0 Å². The van der Waals surface area contributed by atoms with E-state index in [0.29, 0.717) is 25.8 Å². The van der Waals surface area contributed by atoms with Crippen molar-refractivity contribution in [2.75, 3.05) is 39.4 Å². The van der Waals surface area contributed by atoms with E-state index in [9.17, 15) is 4.79 Å². The zero-order valence-electron chi connectivity index (χ0n) is 18.1. The molecule has 168 valence electrons. The molecule has 2 saturated heterocycles. The number of ether oxygens (including phenoxy) is 2. The Hall–Kier alpha value is -2.22. The van der Waals surface area contributed by atoms with Crippen molar-refractivity contribution in [3.05, 3.63) is 24.2 Å². The number of amides is 1. The van der Waals surface area contributed by atoms with E-state index in [2.05, 4.69) is 10.6 Å². The van der Waals surface area contributed by atoms with Crippen LogP contribution in [0.25, 0.3) is 0 Å². The average molecular weight is 421 g/mol. The third-order valence-electron chi connectivity index (χ3n) is 5.60. The van der Waals surface area contributed by atoms with Crippen LogP contribution in [-0.2, 0) is 15.9 Å². The molecule has 0 aromatic carbocycles. The van der Waals surface area contributed by atoms with Gasteiger partial charge in [0.1, 0.15) is 5.76 Å². The molecule has 1 unspecified atom stereocenters. The lowest BCUT2D eigenvalue weighted by atomic mass is 10.1. The molecule has 0 bridgehead atoms. The predicted molar refractivity (Wildman–Crippen MR) is 116 cm³/mol. The van der Waals surface area contributed by atoms with Crippen molar-refractivity contribution >= 4 is 12.1 Å². The number of guanidine groups is 1. The molecule has 1 aromatic rings. The third-order valence-corrected chi connectivity index (χ3v) is 5.60. The third kappa shape index (κ3) is 7.55. The summed E-state index contributed by atoms with van der Waals surface area (Å²) in [5.41, 5.74) is 0. The number of carbonyl (C=O) groups is 1. The molecule has 2 aliphatic rings. The van der Waals surface area contributed by atoms with E-state index >= 15 is 0 Å². The van der Waals surface area contributed by atoms with E-state index in [1.54, 1.807) is 11.2 Å². The molecule has 1 amide bonds. The van der Waals surface area contributed by atoms with Crippen LogP contribution in [0.1, 0.15) is 51.2 Å². The van der Waals surface area contributed by atoms with Gasteiger partial charge in [-0.3, -0.25) is 4.99 Å². The van der Waals surface area contributed by atoms with Gasteiger partial charge in [0.2, 0.25) is 0 Å². The highest BCUT2D eigenvalue weighted by Crippen LogP contribution is 2.15.